The molecule has 0 fully saturated rings. The van der Waals surface area contributed by atoms with Crippen molar-refractivity contribution in [2.75, 3.05) is 11.9 Å². The van der Waals surface area contributed by atoms with Crippen LogP contribution < -0.4 is 10.1 Å². The number of carbonyl (C=O) groups is 2. The number of rotatable bonds is 6. The maximum atomic E-state index is 12.1. The summed E-state index contributed by atoms with van der Waals surface area (Å²) in [6, 6.07) is 10.8. The summed E-state index contributed by atoms with van der Waals surface area (Å²) in [6.45, 7) is 2.38. The van der Waals surface area contributed by atoms with Crippen LogP contribution in [-0.2, 0) is 4.74 Å². The average molecular weight is 382 g/mol. The van der Waals surface area contributed by atoms with Crippen molar-refractivity contribution in [2.45, 2.75) is 19.8 Å². The lowest BCUT2D eigenvalue weighted by molar-refractivity contribution is 0.0735. The van der Waals surface area contributed by atoms with E-state index in [1.54, 1.807) is 18.2 Å². The maximum absolute atomic E-state index is 12.1. The van der Waals surface area contributed by atoms with Crippen LogP contribution in [0.5, 0.6) is 5.75 Å². The van der Waals surface area contributed by atoms with Gasteiger partial charge in [-0.3, -0.25) is 5.32 Å². The van der Waals surface area contributed by atoms with Crippen molar-refractivity contribution in [2.24, 2.45) is 0 Å². The van der Waals surface area contributed by atoms with E-state index in [4.69, 9.17) is 32.7 Å². The molecule has 2 rings (SSSR count). The van der Waals surface area contributed by atoms with Gasteiger partial charge in [0.1, 0.15) is 5.75 Å². The van der Waals surface area contributed by atoms with Gasteiger partial charge in [0, 0.05) is 15.7 Å². The quantitative estimate of drug-likeness (QED) is 0.404. The Balaban J connectivity index is 1.94. The highest BCUT2D eigenvalue weighted by Crippen LogP contribution is 2.25. The van der Waals surface area contributed by atoms with Crippen LogP contribution in [0.3, 0.4) is 0 Å². The standard InChI is InChI=1S/C18H17Cl2NO4/c1-2-3-8-24-18(23)21-15-6-4-12(5-7-15)17(22)25-16-10-13(19)9-14(20)11-16/h4-7,9-11H,2-3,8H2,1H3,(H,21,23). The van der Waals surface area contributed by atoms with Gasteiger partial charge in [-0.05, 0) is 48.9 Å². The van der Waals surface area contributed by atoms with E-state index in [0.29, 0.717) is 27.9 Å². The molecular weight excluding hydrogens is 365 g/mol. The molecule has 0 saturated carbocycles. The van der Waals surface area contributed by atoms with Crippen molar-refractivity contribution < 1.29 is 19.1 Å². The number of ether oxygens (including phenoxy) is 2. The van der Waals surface area contributed by atoms with Crippen molar-refractivity contribution in [3.8, 4) is 5.75 Å². The first-order valence-electron chi connectivity index (χ1n) is 7.70. The molecule has 0 unspecified atom stereocenters. The number of unbranched alkanes of at least 4 members (excludes halogenated alkanes) is 1. The van der Waals surface area contributed by atoms with Crippen LogP contribution in [0.25, 0.3) is 0 Å². The fourth-order valence-electron chi connectivity index (χ4n) is 1.91. The molecule has 2 aromatic carbocycles. The molecule has 0 aliphatic carbocycles. The third-order valence-corrected chi connectivity index (χ3v) is 3.58. The maximum Gasteiger partial charge on any atom is 0.411 e. The second-order valence-electron chi connectivity index (χ2n) is 5.19. The van der Waals surface area contributed by atoms with Gasteiger partial charge in [0.15, 0.2) is 0 Å². The molecule has 1 amide bonds. The van der Waals surface area contributed by atoms with Crippen LogP contribution in [0.15, 0.2) is 42.5 Å². The summed E-state index contributed by atoms with van der Waals surface area (Å²) in [6.07, 6.45) is 1.23. The number of esters is 1. The largest absolute Gasteiger partial charge is 0.449 e. The van der Waals surface area contributed by atoms with Crippen molar-refractivity contribution in [1.82, 2.24) is 0 Å². The summed E-state index contributed by atoms with van der Waals surface area (Å²) in [7, 11) is 0. The van der Waals surface area contributed by atoms with Crippen LogP contribution in [-0.4, -0.2) is 18.7 Å². The Morgan fingerprint density at radius 3 is 2.28 bits per heavy atom. The minimum absolute atomic E-state index is 0.254. The molecule has 0 heterocycles. The highest BCUT2D eigenvalue weighted by atomic mass is 35.5. The van der Waals surface area contributed by atoms with Gasteiger partial charge in [0.05, 0.1) is 12.2 Å². The molecule has 0 spiro atoms. The van der Waals surface area contributed by atoms with E-state index < -0.39 is 12.1 Å². The van der Waals surface area contributed by atoms with Gasteiger partial charge in [-0.25, -0.2) is 9.59 Å². The van der Waals surface area contributed by atoms with Gasteiger partial charge in [0.2, 0.25) is 0 Å². The second-order valence-corrected chi connectivity index (χ2v) is 6.06. The van der Waals surface area contributed by atoms with E-state index in [9.17, 15) is 9.59 Å². The molecule has 5 nitrogen and oxygen atoms in total. The molecule has 0 saturated heterocycles. The molecule has 0 radical (unpaired) electrons. The lowest BCUT2D eigenvalue weighted by Gasteiger charge is -2.08. The number of amides is 1. The van der Waals surface area contributed by atoms with Gasteiger partial charge < -0.3 is 9.47 Å². The number of anilines is 1. The third kappa shape index (κ3) is 6.29. The highest BCUT2D eigenvalue weighted by Gasteiger charge is 2.10. The van der Waals surface area contributed by atoms with Crippen LogP contribution in [0.2, 0.25) is 10.0 Å². The Hall–Kier alpha value is -2.24. The zero-order valence-electron chi connectivity index (χ0n) is 13.6. The van der Waals surface area contributed by atoms with Crippen LogP contribution >= 0.6 is 23.2 Å². The summed E-state index contributed by atoms with van der Waals surface area (Å²) in [4.78, 5) is 23.7. The molecule has 132 valence electrons. The van der Waals surface area contributed by atoms with E-state index in [0.717, 1.165) is 12.8 Å². The van der Waals surface area contributed by atoms with Gasteiger partial charge in [-0.1, -0.05) is 36.5 Å². The second kappa shape index (κ2) is 9.30. The Morgan fingerprint density at radius 2 is 1.68 bits per heavy atom. The molecule has 1 N–H and O–H groups in total. The van der Waals surface area contributed by atoms with Crippen LogP contribution in [0.1, 0.15) is 30.1 Å². The Kier molecular flexibility index (Phi) is 7.10. The number of carbonyl (C=O) groups excluding carboxylic acids is 2. The molecule has 0 atom stereocenters. The van der Waals surface area contributed by atoms with Crippen molar-refractivity contribution >= 4 is 41.0 Å². The minimum Gasteiger partial charge on any atom is -0.449 e. The van der Waals surface area contributed by atoms with Gasteiger partial charge in [-0.15, -0.1) is 0 Å². The van der Waals surface area contributed by atoms with Gasteiger partial charge in [0.25, 0.3) is 0 Å². The van der Waals surface area contributed by atoms with E-state index in [1.807, 2.05) is 6.92 Å². The summed E-state index contributed by atoms with van der Waals surface area (Å²) in [5.41, 5.74) is 0.838. The first-order valence-corrected chi connectivity index (χ1v) is 8.45. The molecule has 0 aromatic heterocycles. The lowest BCUT2D eigenvalue weighted by atomic mass is 10.2. The first kappa shape index (κ1) is 19.1. The van der Waals surface area contributed by atoms with Crippen LogP contribution in [0.4, 0.5) is 10.5 Å². The zero-order valence-corrected chi connectivity index (χ0v) is 15.1. The average Bonchev–Trinajstić information content (AvgIpc) is 2.54. The lowest BCUT2D eigenvalue weighted by Crippen LogP contribution is -2.14. The van der Waals surface area contributed by atoms with Crippen molar-refractivity contribution in [3.05, 3.63) is 58.1 Å². The number of hydrogen-bond donors (Lipinski definition) is 1. The predicted octanol–water partition coefficient (Wildman–Crippen LogP) is 5.56. The number of hydrogen-bond acceptors (Lipinski definition) is 4. The fourth-order valence-corrected chi connectivity index (χ4v) is 2.41. The molecule has 0 bridgehead atoms. The summed E-state index contributed by atoms with van der Waals surface area (Å²) in [5, 5.41) is 3.33. The van der Waals surface area contributed by atoms with Crippen LogP contribution in [0, 0.1) is 0 Å². The van der Waals surface area contributed by atoms with Gasteiger partial charge >= 0.3 is 12.1 Å². The smallest absolute Gasteiger partial charge is 0.411 e. The Bertz CT molecular complexity index is 727. The molecule has 7 heteroatoms. The summed E-state index contributed by atoms with van der Waals surface area (Å²) in [5.74, 6) is -0.306. The minimum atomic E-state index is -0.560. The van der Waals surface area contributed by atoms with E-state index in [2.05, 4.69) is 5.32 Å². The highest BCUT2D eigenvalue weighted by molar-refractivity contribution is 6.34. The first-order chi connectivity index (χ1) is 12.0. The molecular formula is C18H17Cl2NO4. The summed E-state index contributed by atoms with van der Waals surface area (Å²) >= 11 is 11.7. The fraction of sp³-hybridized carbons (Fsp3) is 0.222. The van der Waals surface area contributed by atoms with Crippen molar-refractivity contribution in [1.29, 1.82) is 0 Å². The van der Waals surface area contributed by atoms with E-state index in [1.165, 1.54) is 24.3 Å². The van der Waals surface area contributed by atoms with E-state index in [-0.39, 0.29) is 5.75 Å². The van der Waals surface area contributed by atoms with Crippen molar-refractivity contribution in [3.63, 3.8) is 0 Å². The third-order valence-electron chi connectivity index (χ3n) is 3.14. The van der Waals surface area contributed by atoms with E-state index >= 15 is 0 Å². The molecule has 2 aromatic rings. The topological polar surface area (TPSA) is 64.6 Å². The predicted molar refractivity (Wildman–Crippen MR) is 97.7 cm³/mol. The normalized spacial score (nSPS) is 10.2. The summed E-state index contributed by atoms with van der Waals surface area (Å²) < 4.78 is 10.2. The SMILES string of the molecule is CCCCOC(=O)Nc1ccc(C(=O)Oc2cc(Cl)cc(Cl)c2)cc1. The monoisotopic (exact) mass is 381 g/mol. The number of nitrogens with one attached hydrogen (secondary N) is 1. The Morgan fingerprint density at radius 1 is 1.04 bits per heavy atom. The zero-order chi connectivity index (χ0) is 18.2. The molecule has 0 aliphatic heterocycles. The van der Waals surface area contributed by atoms with Gasteiger partial charge in [-0.2, -0.15) is 0 Å². The number of halogens is 2. The number of benzene rings is 2. The Labute approximate surface area is 155 Å². The molecule has 0 aliphatic rings. The molecule has 25 heavy (non-hydrogen) atoms.